The van der Waals surface area contributed by atoms with Crippen molar-refractivity contribution in [3.05, 3.63) is 63.2 Å². The molecule has 1 N–H and O–H groups in total. The summed E-state index contributed by atoms with van der Waals surface area (Å²) in [6, 6.07) is 9.52. The number of hydrogen-bond acceptors (Lipinski definition) is 2. The Morgan fingerprint density at radius 2 is 1.75 bits per heavy atom. The number of rotatable bonds is 3. The molecule has 0 bridgehead atoms. The summed E-state index contributed by atoms with van der Waals surface area (Å²) >= 11 is 6.13. The highest BCUT2D eigenvalue weighted by Gasteiger charge is 2.17. The average Bonchev–Trinajstić information content (AvgIpc) is 2.43. The van der Waals surface area contributed by atoms with Crippen LogP contribution in [-0.2, 0) is 0 Å². The Morgan fingerprint density at radius 3 is 2.40 bits per heavy atom. The number of ether oxygens (including phenoxy) is 1. The Hall–Kier alpha value is -1.51. The van der Waals surface area contributed by atoms with Crippen LogP contribution in [0.5, 0.6) is 5.75 Å². The summed E-state index contributed by atoms with van der Waals surface area (Å²) in [6.07, 6.45) is -0.682. The van der Waals surface area contributed by atoms with E-state index >= 15 is 0 Å². The Morgan fingerprint density at radius 1 is 1.05 bits per heavy atom. The summed E-state index contributed by atoms with van der Waals surface area (Å²) in [4.78, 5) is 0. The van der Waals surface area contributed by atoms with Gasteiger partial charge in [-0.15, -0.1) is 0 Å². The lowest BCUT2D eigenvalue weighted by atomic mass is 9.93. The number of aliphatic hydroxyl groups is 1. The first-order valence-electron chi connectivity index (χ1n) is 6.54. The first kappa shape index (κ1) is 14.9. The van der Waals surface area contributed by atoms with Crippen molar-refractivity contribution in [2.75, 3.05) is 7.11 Å². The molecule has 2 aromatic carbocycles. The summed E-state index contributed by atoms with van der Waals surface area (Å²) in [5, 5.41) is 11.3. The molecule has 2 aromatic rings. The van der Waals surface area contributed by atoms with Gasteiger partial charge in [-0.25, -0.2) is 0 Å². The van der Waals surface area contributed by atoms with Gasteiger partial charge >= 0.3 is 0 Å². The molecule has 3 heteroatoms. The van der Waals surface area contributed by atoms with E-state index in [0.29, 0.717) is 5.02 Å². The molecule has 0 amide bonds. The quantitative estimate of drug-likeness (QED) is 0.910. The fourth-order valence-electron chi connectivity index (χ4n) is 2.41. The van der Waals surface area contributed by atoms with Crippen molar-refractivity contribution in [2.45, 2.75) is 26.9 Å². The Labute approximate surface area is 125 Å². The number of aryl methyl sites for hydroxylation is 2. The van der Waals surface area contributed by atoms with Crippen molar-refractivity contribution in [1.82, 2.24) is 0 Å². The second-order valence-electron chi connectivity index (χ2n) is 5.04. The minimum absolute atomic E-state index is 0.671. The van der Waals surface area contributed by atoms with Gasteiger partial charge in [-0.05, 0) is 66.8 Å². The molecular formula is C17H19ClO2. The van der Waals surface area contributed by atoms with E-state index in [2.05, 4.69) is 0 Å². The smallest absolute Gasteiger partial charge is 0.122 e. The van der Waals surface area contributed by atoms with Crippen molar-refractivity contribution >= 4 is 11.6 Å². The summed E-state index contributed by atoms with van der Waals surface area (Å²) in [5.41, 5.74) is 4.64. The molecule has 1 atom stereocenters. The van der Waals surface area contributed by atoms with Gasteiger partial charge in [0.05, 0.1) is 7.11 Å². The second kappa shape index (κ2) is 5.86. The maximum Gasteiger partial charge on any atom is 0.122 e. The van der Waals surface area contributed by atoms with Crippen LogP contribution in [-0.4, -0.2) is 12.2 Å². The highest BCUT2D eigenvalue weighted by molar-refractivity contribution is 6.31. The predicted octanol–water partition coefficient (Wildman–Crippen LogP) is 4.36. The van der Waals surface area contributed by atoms with Gasteiger partial charge in [0.15, 0.2) is 0 Å². The third kappa shape index (κ3) is 2.67. The Kier molecular flexibility index (Phi) is 4.36. The number of halogens is 1. The van der Waals surface area contributed by atoms with E-state index in [9.17, 15) is 5.11 Å². The SMILES string of the molecule is COc1cc(C)c(C(O)c2cccc(Cl)c2C)cc1C. The van der Waals surface area contributed by atoms with E-state index in [-0.39, 0.29) is 0 Å². The lowest BCUT2D eigenvalue weighted by Gasteiger charge is -2.19. The zero-order valence-electron chi connectivity index (χ0n) is 12.2. The zero-order chi connectivity index (χ0) is 14.9. The number of aliphatic hydroxyl groups excluding tert-OH is 1. The zero-order valence-corrected chi connectivity index (χ0v) is 13.0. The van der Waals surface area contributed by atoms with Crippen LogP contribution in [0.15, 0.2) is 30.3 Å². The van der Waals surface area contributed by atoms with E-state index in [0.717, 1.165) is 33.6 Å². The van der Waals surface area contributed by atoms with Crippen LogP contribution in [0, 0.1) is 20.8 Å². The standard InChI is InChI=1S/C17H19ClO2/c1-10-9-16(20-4)11(2)8-14(10)17(19)13-6-5-7-15(18)12(13)3/h5-9,17,19H,1-4H3. The van der Waals surface area contributed by atoms with E-state index in [1.54, 1.807) is 7.11 Å². The monoisotopic (exact) mass is 290 g/mol. The molecule has 0 aliphatic carbocycles. The number of hydrogen-bond donors (Lipinski definition) is 1. The minimum Gasteiger partial charge on any atom is -0.496 e. The summed E-state index contributed by atoms with van der Waals surface area (Å²) in [5.74, 6) is 0.835. The van der Waals surface area contributed by atoms with Crippen molar-refractivity contribution in [3.8, 4) is 5.75 Å². The second-order valence-corrected chi connectivity index (χ2v) is 5.44. The molecule has 0 spiro atoms. The Balaban J connectivity index is 2.51. The largest absolute Gasteiger partial charge is 0.496 e. The molecule has 20 heavy (non-hydrogen) atoms. The highest BCUT2D eigenvalue weighted by Crippen LogP contribution is 2.33. The maximum absolute atomic E-state index is 10.7. The fourth-order valence-corrected chi connectivity index (χ4v) is 2.60. The average molecular weight is 291 g/mol. The molecule has 0 aromatic heterocycles. The highest BCUT2D eigenvalue weighted by atomic mass is 35.5. The van der Waals surface area contributed by atoms with Crippen LogP contribution in [0.25, 0.3) is 0 Å². The van der Waals surface area contributed by atoms with Crippen LogP contribution in [0.2, 0.25) is 5.02 Å². The van der Waals surface area contributed by atoms with Gasteiger partial charge in [0.25, 0.3) is 0 Å². The van der Waals surface area contributed by atoms with E-state index in [1.165, 1.54) is 0 Å². The van der Waals surface area contributed by atoms with Crippen LogP contribution >= 0.6 is 11.6 Å². The van der Waals surface area contributed by atoms with E-state index in [1.807, 2.05) is 51.1 Å². The first-order chi connectivity index (χ1) is 9.45. The molecule has 0 heterocycles. The molecule has 0 aliphatic heterocycles. The first-order valence-corrected chi connectivity index (χ1v) is 6.91. The van der Waals surface area contributed by atoms with Crippen LogP contribution in [0.4, 0.5) is 0 Å². The maximum atomic E-state index is 10.7. The van der Waals surface area contributed by atoms with Crippen molar-refractivity contribution < 1.29 is 9.84 Å². The van der Waals surface area contributed by atoms with E-state index < -0.39 is 6.10 Å². The van der Waals surface area contributed by atoms with Gasteiger partial charge in [-0.1, -0.05) is 23.7 Å². The minimum atomic E-state index is -0.682. The third-order valence-electron chi connectivity index (χ3n) is 3.68. The molecule has 1 unspecified atom stereocenters. The lowest BCUT2D eigenvalue weighted by molar-refractivity contribution is 0.218. The predicted molar refractivity (Wildman–Crippen MR) is 82.7 cm³/mol. The number of benzene rings is 2. The fraction of sp³-hybridized carbons (Fsp3) is 0.294. The van der Waals surface area contributed by atoms with Gasteiger partial charge in [-0.2, -0.15) is 0 Å². The molecular weight excluding hydrogens is 272 g/mol. The molecule has 2 nitrogen and oxygen atoms in total. The van der Waals surface area contributed by atoms with Crippen LogP contribution in [0.3, 0.4) is 0 Å². The van der Waals surface area contributed by atoms with Gasteiger partial charge in [0.1, 0.15) is 11.9 Å². The normalized spacial score (nSPS) is 12.3. The van der Waals surface area contributed by atoms with Crippen molar-refractivity contribution in [3.63, 3.8) is 0 Å². The lowest BCUT2D eigenvalue weighted by Crippen LogP contribution is -2.05. The molecule has 0 fully saturated rings. The topological polar surface area (TPSA) is 29.5 Å². The Bertz CT molecular complexity index is 635. The van der Waals surface area contributed by atoms with Gasteiger partial charge in [0.2, 0.25) is 0 Å². The third-order valence-corrected chi connectivity index (χ3v) is 4.09. The molecule has 0 aliphatic rings. The summed E-state index contributed by atoms with van der Waals surface area (Å²) in [7, 11) is 1.65. The summed E-state index contributed by atoms with van der Waals surface area (Å²) in [6.45, 7) is 5.87. The van der Waals surface area contributed by atoms with Crippen molar-refractivity contribution in [1.29, 1.82) is 0 Å². The molecule has 0 saturated carbocycles. The van der Waals surface area contributed by atoms with E-state index in [4.69, 9.17) is 16.3 Å². The molecule has 2 rings (SSSR count). The van der Waals surface area contributed by atoms with Gasteiger partial charge in [-0.3, -0.25) is 0 Å². The molecule has 0 radical (unpaired) electrons. The molecule has 0 saturated heterocycles. The van der Waals surface area contributed by atoms with Crippen LogP contribution in [0.1, 0.15) is 33.9 Å². The summed E-state index contributed by atoms with van der Waals surface area (Å²) < 4.78 is 5.31. The van der Waals surface area contributed by atoms with Gasteiger partial charge < -0.3 is 9.84 Å². The number of methoxy groups -OCH3 is 1. The van der Waals surface area contributed by atoms with Crippen LogP contribution < -0.4 is 4.74 Å². The molecule has 106 valence electrons. The van der Waals surface area contributed by atoms with Crippen molar-refractivity contribution in [2.24, 2.45) is 0 Å². The van der Waals surface area contributed by atoms with Gasteiger partial charge in [0, 0.05) is 5.02 Å².